The molecule has 1 aliphatic rings. The molecule has 0 radical (unpaired) electrons. The number of piperidine rings is 1. The Hall–Kier alpha value is -2.40. The van der Waals surface area contributed by atoms with E-state index >= 15 is 0 Å². The summed E-state index contributed by atoms with van der Waals surface area (Å²) in [6, 6.07) is 11.2. The van der Waals surface area contributed by atoms with E-state index in [1.54, 1.807) is 6.20 Å². The second-order valence-corrected chi connectivity index (χ2v) is 6.70. The summed E-state index contributed by atoms with van der Waals surface area (Å²) in [6.45, 7) is 5.59. The lowest BCUT2D eigenvalue weighted by Gasteiger charge is -2.37. The Bertz CT molecular complexity index is 746. The Labute approximate surface area is 142 Å². The highest BCUT2D eigenvalue weighted by atomic mass is 15.3. The molecule has 5 nitrogen and oxygen atoms in total. The maximum Gasteiger partial charge on any atom is 0.0949 e. The second-order valence-electron chi connectivity index (χ2n) is 6.70. The van der Waals surface area contributed by atoms with Crippen molar-refractivity contribution >= 4 is 0 Å². The number of hydrogen-bond acceptors (Lipinski definition) is 3. The van der Waals surface area contributed by atoms with Crippen LogP contribution in [0.1, 0.15) is 24.9 Å². The van der Waals surface area contributed by atoms with Crippen molar-refractivity contribution in [3.05, 3.63) is 67.0 Å². The lowest BCUT2D eigenvalue weighted by Crippen LogP contribution is -2.40. The highest BCUT2D eigenvalue weighted by molar-refractivity contribution is 5.33. The normalized spacial score (nSPS) is 21.9. The molecule has 2 atom stereocenters. The number of nitrogens with zero attached hydrogens (tertiary/aromatic N) is 5. The molecule has 0 spiro atoms. The van der Waals surface area contributed by atoms with Gasteiger partial charge in [-0.15, -0.1) is 0 Å². The van der Waals surface area contributed by atoms with E-state index < -0.39 is 0 Å². The Morgan fingerprint density at radius 1 is 1.12 bits per heavy atom. The van der Waals surface area contributed by atoms with Gasteiger partial charge in [0.2, 0.25) is 0 Å². The topological polar surface area (TPSA) is 38.9 Å². The molecule has 24 heavy (non-hydrogen) atoms. The average molecular weight is 321 g/mol. The van der Waals surface area contributed by atoms with Gasteiger partial charge in [-0.3, -0.25) is 4.90 Å². The van der Waals surface area contributed by atoms with Gasteiger partial charge in [0.25, 0.3) is 0 Å². The highest BCUT2D eigenvalue weighted by Gasteiger charge is 2.27. The molecule has 3 heterocycles. The van der Waals surface area contributed by atoms with E-state index in [9.17, 15) is 0 Å². The minimum atomic E-state index is 0.518. The summed E-state index contributed by atoms with van der Waals surface area (Å²) in [4.78, 5) is 6.76. The molecule has 1 aromatic carbocycles. The molecular weight excluding hydrogens is 298 g/mol. The largest absolute Gasteiger partial charge is 0.333 e. The van der Waals surface area contributed by atoms with Gasteiger partial charge in [-0.25, -0.2) is 9.67 Å². The van der Waals surface area contributed by atoms with E-state index in [-0.39, 0.29) is 0 Å². The fourth-order valence-corrected chi connectivity index (χ4v) is 3.55. The molecule has 4 rings (SSSR count). The summed E-state index contributed by atoms with van der Waals surface area (Å²) in [6.07, 6.45) is 10.9. The third kappa shape index (κ3) is 3.12. The van der Waals surface area contributed by atoms with E-state index in [4.69, 9.17) is 0 Å². The van der Waals surface area contributed by atoms with Gasteiger partial charge in [0.15, 0.2) is 0 Å². The summed E-state index contributed by atoms with van der Waals surface area (Å²) in [7, 11) is 0. The van der Waals surface area contributed by atoms with E-state index in [1.165, 1.54) is 12.0 Å². The first-order valence-corrected chi connectivity index (χ1v) is 8.58. The van der Waals surface area contributed by atoms with E-state index in [1.807, 2.05) is 29.5 Å². The van der Waals surface area contributed by atoms with E-state index in [0.717, 1.165) is 25.3 Å². The van der Waals surface area contributed by atoms with Crippen LogP contribution in [0.25, 0.3) is 5.69 Å². The summed E-state index contributed by atoms with van der Waals surface area (Å²) < 4.78 is 4.15. The lowest BCUT2D eigenvalue weighted by molar-refractivity contribution is 0.126. The highest BCUT2D eigenvalue weighted by Crippen LogP contribution is 2.28. The Balaban J connectivity index is 1.43. The molecule has 1 aliphatic heterocycles. The molecule has 0 unspecified atom stereocenters. The Morgan fingerprint density at radius 3 is 2.71 bits per heavy atom. The van der Waals surface area contributed by atoms with Crippen molar-refractivity contribution in [1.82, 2.24) is 24.2 Å². The zero-order valence-electron chi connectivity index (χ0n) is 14.0. The van der Waals surface area contributed by atoms with Crippen molar-refractivity contribution in [3.8, 4) is 5.69 Å². The quantitative estimate of drug-likeness (QED) is 0.741. The van der Waals surface area contributed by atoms with Crippen molar-refractivity contribution in [2.24, 2.45) is 5.92 Å². The van der Waals surface area contributed by atoms with Crippen LogP contribution in [0.4, 0.5) is 0 Å². The predicted octanol–water partition coefficient (Wildman–Crippen LogP) is 3.15. The summed E-state index contributed by atoms with van der Waals surface area (Å²) in [5.74, 6) is 0.692. The molecule has 124 valence electrons. The molecule has 0 saturated carbocycles. The summed E-state index contributed by atoms with van der Waals surface area (Å²) >= 11 is 0. The zero-order valence-corrected chi connectivity index (χ0v) is 14.0. The van der Waals surface area contributed by atoms with Crippen LogP contribution < -0.4 is 0 Å². The molecule has 2 aromatic heterocycles. The van der Waals surface area contributed by atoms with Crippen LogP contribution >= 0.6 is 0 Å². The number of imidazole rings is 1. The van der Waals surface area contributed by atoms with Crippen molar-refractivity contribution in [2.75, 3.05) is 13.1 Å². The first-order valence-electron chi connectivity index (χ1n) is 8.58. The van der Waals surface area contributed by atoms with Gasteiger partial charge < -0.3 is 4.57 Å². The first kappa shape index (κ1) is 15.1. The van der Waals surface area contributed by atoms with Gasteiger partial charge in [0.1, 0.15) is 0 Å². The van der Waals surface area contributed by atoms with Crippen LogP contribution in [0.3, 0.4) is 0 Å². The molecule has 5 heteroatoms. The monoisotopic (exact) mass is 321 g/mol. The molecular formula is C19H23N5. The maximum atomic E-state index is 4.28. The van der Waals surface area contributed by atoms with Gasteiger partial charge in [0.05, 0.1) is 12.0 Å². The molecule has 0 amide bonds. The third-order valence-electron chi connectivity index (χ3n) is 5.02. The average Bonchev–Trinajstić information content (AvgIpc) is 3.31. The van der Waals surface area contributed by atoms with Crippen molar-refractivity contribution in [2.45, 2.75) is 25.9 Å². The standard InChI is InChI=1S/C19H23N5/c1-16-7-11-22(14-19(16)23-12-9-20-15-23)13-17-3-5-18(6-4-17)24-10-2-8-21-24/h2-6,8-10,12,15-16,19H,7,11,13-14H2,1H3/t16-,19+/m0/s1. The summed E-state index contributed by atoms with van der Waals surface area (Å²) in [5, 5.41) is 4.28. The SMILES string of the molecule is C[C@H]1CCN(Cc2ccc(-n3cccn3)cc2)C[C@H]1n1ccnc1. The minimum absolute atomic E-state index is 0.518. The van der Waals surface area contributed by atoms with Crippen LogP contribution in [0.15, 0.2) is 61.4 Å². The van der Waals surface area contributed by atoms with Gasteiger partial charge in [-0.05, 0) is 42.6 Å². The fourth-order valence-electron chi connectivity index (χ4n) is 3.55. The predicted molar refractivity (Wildman–Crippen MR) is 93.9 cm³/mol. The molecule has 0 N–H and O–H groups in total. The third-order valence-corrected chi connectivity index (χ3v) is 5.02. The smallest absolute Gasteiger partial charge is 0.0949 e. The van der Waals surface area contributed by atoms with Crippen molar-refractivity contribution in [1.29, 1.82) is 0 Å². The number of rotatable bonds is 4. The van der Waals surface area contributed by atoms with Gasteiger partial charge in [0, 0.05) is 43.9 Å². The second kappa shape index (κ2) is 6.61. The van der Waals surface area contributed by atoms with Crippen LogP contribution in [-0.2, 0) is 6.54 Å². The minimum Gasteiger partial charge on any atom is -0.333 e. The molecule has 1 fully saturated rings. The van der Waals surface area contributed by atoms with Gasteiger partial charge in [-0.2, -0.15) is 5.10 Å². The van der Waals surface area contributed by atoms with Crippen LogP contribution in [0, 0.1) is 5.92 Å². The Morgan fingerprint density at radius 2 is 2.00 bits per heavy atom. The maximum absolute atomic E-state index is 4.28. The van der Waals surface area contributed by atoms with Crippen molar-refractivity contribution < 1.29 is 0 Å². The number of likely N-dealkylation sites (tertiary alicyclic amines) is 1. The molecule has 0 bridgehead atoms. The lowest BCUT2D eigenvalue weighted by atomic mass is 9.93. The molecule has 1 saturated heterocycles. The number of aromatic nitrogens is 4. The molecule has 0 aliphatic carbocycles. The first-order chi connectivity index (χ1) is 11.8. The van der Waals surface area contributed by atoms with Crippen LogP contribution in [0.2, 0.25) is 0 Å². The number of hydrogen-bond donors (Lipinski definition) is 0. The zero-order chi connectivity index (χ0) is 16.4. The summed E-state index contributed by atoms with van der Waals surface area (Å²) in [5.41, 5.74) is 2.46. The van der Waals surface area contributed by atoms with Crippen molar-refractivity contribution in [3.63, 3.8) is 0 Å². The van der Waals surface area contributed by atoms with Crippen LogP contribution in [0.5, 0.6) is 0 Å². The van der Waals surface area contributed by atoms with Gasteiger partial charge in [-0.1, -0.05) is 19.1 Å². The van der Waals surface area contributed by atoms with Gasteiger partial charge >= 0.3 is 0 Å². The van der Waals surface area contributed by atoms with E-state index in [2.05, 4.69) is 56.9 Å². The van der Waals surface area contributed by atoms with Crippen LogP contribution in [-0.4, -0.2) is 37.3 Å². The fraction of sp³-hybridized carbons (Fsp3) is 0.368. The molecule has 3 aromatic rings. The number of benzene rings is 1. The Kier molecular flexibility index (Phi) is 4.17. The van der Waals surface area contributed by atoms with E-state index in [0.29, 0.717) is 12.0 Å².